The number of halogens is 1. The van der Waals surface area contributed by atoms with Crippen molar-refractivity contribution in [3.63, 3.8) is 0 Å². The van der Waals surface area contributed by atoms with Crippen LogP contribution in [0.4, 0.5) is 0 Å². The van der Waals surface area contributed by atoms with E-state index in [1.165, 1.54) is 0 Å². The Kier molecular flexibility index (Phi) is 6.12. The number of carbonyl (C=O) groups is 1. The van der Waals surface area contributed by atoms with E-state index in [0.717, 1.165) is 23.2 Å². The van der Waals surface area contributed by atoms with E-state index in [0.29, 0.717) is 36.8 Å². The summed E-state index contributed by atoms with van der Waals surface area (Å²) in [5.41, 5.74) is 3.56. The molecular weight excluding hydrogens is 398 g/mol. The van der Waals surface area contributed by atoms with Crippen LogP contribution < -0.4 is 5.32 Å². The molecule has 1 aliphatic rings. The number of rotatable bonds is 7. The highest BCUT2D eigenvalue weighted by Crippen LogP contribution is 2.23. The maximum absolute atomic E-state index is 12.4. The number of imidazole rings is 1. The van der Waals surface area contributed by atoms with Gasteiger partial charge in [0, 0.05) is 30.9 Å². The van der Waals surface area contributed by atoms with E-state index >= 15 is 0 Å². The first-order chi connectivity index (χ1) is 14.7. The molecule has 2 aromatic carbocycles. The van der Waals surface area contributed by atoms with Gasteiger partial charge in [-0.25, -0.2) is 4.98 Å². The van der Waals surface area contributed by atoms with Crippen LogP contribution in [0.25, 0.3) is 0 Å². The van der Waals surface area contributed by atoms with E-state index in [-0.39, 0.29) is 11.9 Å². The monoisotopic (exact) mass is 419 g/mol. The topological polar surface area (TPSA) is 74.0 Å². The van der Waals surface area contributed by atoms with Crippen LogP contribution >= 0.6 is 11.6 Å². The SMILES string of the molecule is N#Cc1ccccc1Cn1cncc1CN(Cc1ccccc1Cl)C1CCNC1=O. The highest BCUT2D eigenvalue weighted by Gasteiger charge is 2.31. The number of nitriles is 1. The first-order valence-corrected chi connectivity index (χ1v) is 10.3. The lowest BCUT2D eigenvalue weighted by atomic mass is 10.1. The Hall–Kier alpha value is -3.14. The molecule has 1 N–H and O–H groups in total. The van der Waals surface area contributed by atoms with Crippen molar-refractivity contribution in [2.75, 3.05) is 6.54 Å². The maximum Gasteiger partial charge on any atom is 0.237 e. The summed E-state index contributed by atoms with van der Waals surface area (Å²) in [6, 6.07) is 17.3. The van der Waals surface area contributed by atoms with Gasteiger partial charge in [0.05, 0.1) is 36.2 Å². The maximum atomic E-state index is 12.4. The zero-order valence-electron chi connectivity index (χ0n) is 16.5. The fourth-order valence-corrected chi connectivity index (χ4v) is 4.03. The largest absolute Gasteiger partial charge is 0.355 e. The van der Waals surface area contributed by atoms with Crippen molar-refractivity contribution >= 4 is 17.5 Å². The van der Waals surface area contributed by atoms with Gasteiger partial charge in [-0.1, -0.05) is 48.0 Å². The molecule has 4 rings (SSSR count). The Morgan fingerprint density at radius 1 is 1.17 bits per heavy atom. The summed E-state index contributed by atoms with van der Waals surface area (Å²) in [7, 11) is 0. The van der Waals surface area contributed by atoms with Gasteiger partial charge < -0.3 is 9.88 Å². The number of hydrogen-bond acceptors (Lipinski definition) is 4. The molecule has 152 valence electrons. The fourth-order valence-electron chi connectivity index (χ4n) is 3.83. The quantitative estimate of drug-likeness (QED) is 0.637. The standard InChI is InChI=1S/C23H22ClN5O/c24-21-8-4-3-7-19(21)14-28(22-9-10-27-23(22)30)15-20-12-26-16-29(20)13-18-6-2-1-5-17(18)11-25/h1-8,12,16,22H,9-10,13-15H2,(H,27,30). The number of carbonyl (C=O) groups excluding carboxylic acids is 1. The molecule has 1 atom stereocenters. The minimum absolute atomic E-state index is 0.0444. The fraction of sp³-hybridized carbons (Fsp3) is 0.261. The van der Waals surface area contributed by atoms with Crippen LogP contribution in [0.15, 0.2) is 61.1 Å². The second-order valence-corrected chi connectivity index (χ2v) is 7.78. The predicted octanol–water partition coefficient (Wildman–Crippen LogP) is 3.35. The highest BCUT2D eigenvalue weighted by molar-refractivity contribution is 6.31. The molecule has 1 saturated heterocycles. The first kappa shape index (κ1) is 20.1. The summed E-state index contributed by atoms with van der Waals surface area (Å²) in [6.07, 6.45) is 4.35. The Labute approximate surface area is 180 Å². The van der Waals surface area contributed by atoms with Gasteiger partial charge in [-0.3, -0.25) is 9.69 Å². The van der Waals surface area contributed by atoms with Crippen LogP contribution in [0.2, 0.25) is 5.02 Å². The zero-order valence-corrected chi connectivity index (χ0v) is 17.2. The number of benzene rings is 2. The number of aromatic nitrogens is 2. The number of nitrogens with zero attached hydrogens (tertiary/aromatic N) is 4. The van der Waals surface area contributed by atoms with Crippen LogP contribution in [-0.2, 0) is 24.4 Å². The zero-order chi connectivity index (χ0) is 20.9. The van der Waals surface area contributed by atoms with E-state index in [9.17, 15) is 10.1 Å². The highest BCUT2D eigenvalue weighted by atomic mass is 35.5. The summed E-state index contributed by atoms with van der Waals surface area (Å²) < 4.78 is 2.03. The van der Waals surface area contributed by atoms with Crippen LogP contribution in [0, 0.1) is 11.3 Å². The van der Waals surface area contributed by atoms with E-state index in [1.54, 1.807) is 6.33 Å². The summed E-state index contributed by atoms with van der Waals surface area (Å²) in [4.78, 5) is 18.9. The van der Waals surface area contributed by atoms with Crippen LogP contribution in [0.1, 0.15) is 28.8 Å². The Bertz CT molecular complexity index is 1090. The molecule has 0 saturated carbocycles. The lowest BCUT2D eigenvalue weighted by Crippen LogP contribution is -2.40. The van der Waals surface area contributed by atoms with Crippen molar-refractivity contribution in [2.45, 2.75) is 32.1 Å². The van der Waals surface area contributed by atoms with Gasteiger partial charge in [0.2, 0.25) is 5.91 Å². The van der Waals surface area contributed by atoms with Gasteiger partial charge >= 0.3 is 0 Å². The van der Waals surface area contributed by atoms with Gasteiger partial charge in [0.15, 0.2) is 0 Å². The Morgan fingerprint density at radius 3 is 2.67 bits per heavy atom. The van der Waals surface area contributed by atoms with Crippen molar-refractivity contribution in [2.24, 2.45) is 0 Å². The average Bonchev–Trinajstić information content (AvgIpc) is 3.38. The second kappa shape index (κ2) is 9.12. The van der Waals surface area contributed by atoms with E-state index in [2.05, 4.69) is 21.3 Å². The van der Waals surface area contributed by atoms with Crippen LogP contribution in [0.5, 0.6) is 0 Å². The number of amides is 1. The van der Waals surface area contributed by atoms with Gasteiger partial charge in [-0.2, -0.15) is 5.26 Å². The molecule has 7 heteroatoms. The molecule has 30 heavy (non-hydrogen) atoms. The third-order valence-corrected chi connectivity index (χ3v) is 5.80. The van der Waals surface area contributed by atoms with Crippen molar-refractivity contribution in [3.05, 3.63) is 88.5 Å². The van der Waals surface area contributed by atoms with Crippen LogP contribution in [0.3, 0.4) is 0 Å². The van der Waals surface area contributed by atoms with Gasteiger partial charge in [-0.05, 0) is 29.7 Å². The molecule has 1 aromatic heterocycles. The normalized spacial score (nSPS) is 15.9. The van der Waals surface area contributed by atoms with Gasteiger partial charge in [-0.15, -0.1) is 0 Å². The summed E-state index contributed by atoms with van der Waals surface area (Å²) in [5, 5.41) is 13.0. The third-order valence-electron chi connectivity index (χ3n) is 5.43. The van der Waals surface area contributed by atoms with E-state index < -0.39 is 0 Å². The molecule has 3 aromatic rings. The molecule has 0 aliphatic carbocycles. The second-order valence-electron chi connectivity index (χ2n) is 7.37. The third kappa shape index (κ3) is 4.38. The van der Waals surface area contributed by atoms with Crippen LogP contribution in [-0.4, -0.2) is 32.9 Å². The van der Waals surface area contributed by atoms with Gasteiger partial charge in [0.1, 0.15) is 0 Å². The van der Waals surface area contributed by atoms with E-state index in [4.69, 9.17) is 11.6 Å². The molecule has 1 unspecified atom stereocenters. The molecule has 0 bridgehead atoms. The van der Waals surface area contributed by atoms with Crippen molar-refractivity contribution in [1.82, 2.24) is 19.8 Å². The van der Waals surface area contributed by atoms with E-state index in [1.807, 2.05) is 59.3 Å². The number of hydrogen-bond donors (Lipinski definition) is 1. The Balaban J connectivity index is 1.59. The van der Waals surface area contributed by atoms with Crippen molar-refractivity contribution < 1.29 is 4.79 Å². The molecule has 0 radical (unpaired) electrons. The molecule has 6 nitrogen and oxygen atoms in total. The summed E-state index contributed by atoms with van der Waals surface area (Å²) >= 11 is 6.39. The minimum Gasteiger partial charge on any atom is -0.355 e. The minimum atomic E-state index is -0.212. The average molecular weight is 420 g/mol. The molecule has 1 fully saturated rings. The molecular formula is C23H22ClN5O. The Morgan fingerprint density at radius 2 is 1.93 bits per heavy atom. The summed E-state index contributed by atoms with van der Waals surface area (Å²) in [6.45, 7) is 2.35. The predicted molar refractivity (Wildman–Crippen MR) is 115 cm³/mol. The lowest BCUT2D eigenvalue weighted by molar-refractivity contribution is -0.124. The summed E-state index contributed by atoms with van der Waals surface area (Å²) in [5.74, 6) is 0.0444. The smallest absolute Gasteiger partial charge is 0.237 e. The molecule has 0 spiro atoms. The molecule has 1 amide bonds. The molecule has 2 heterocycles. The van der Waals surface area contributed by atoms with Crippen molar-refractivity contribution in [3.8, 4) is 6.07 Å². The first-order valence-electron chi connectivity index (χ1n) is 9.88. The molecule has 1 aliphatic heterocycles. The number of nitrogens with one attached hydrogen (secondary N) is 1. The van der Waals surface area contributed by atoms with Gasteiger partial charge in [0.25, 0.3) is 0 Å². The van der Waals surface area contributed by atoms with Crippen molar-refractivity contribution in [1.29, 1.82) is 5.26 Å². The lowest BCUT2D eigenvalue weighted by Gasteiger charge is -2.27.